The second-order valence-electron chi connectivity index (χ2n) is 5.38. The third-order valence-corrected chi connectivity index (χ3v) is 7.10. The summed E-state index contributed by atoms with van der Waals surface area (Å²) in [6, 6.07) is 3.63. The van der Waals surface area contributed by atoms with Crippen LogP contribution in [-0.4, -0.2) is 50.4 Å². The maximum absolute atomic E-state index is 12.8. The van der Waals surface area contributed by atoms with Crippen LogP contribution in [0.4, 0.5) is 0 Å². The molecule has 5 nitrogen and oxygen atoms in total. The van der Waals surface area contributed by atoms with E-state index in [-0.39, 0.29) is 18.3 Å². The zero-order chi connectivity index (χ0) is 15.7. The molecule has 1 aliphatic heterocycles. The Hall–Kier alpha value is -0.340. The number of carbonyl (C=O) groups is 1. The van der Waals surface area contributed by atoms with Gasteiger partial charge in [0.2, 0.25) is 5.91 Å². The Bertz CT molecular complexity index is 625. The van der Waals surface area contributed by atoms with Gasteiger partial charge >= 0.3 is 0 Å². The molecule has 1 saturated heterocycles. The normalized spacial score (nSPS) is 17.6. The van der Waals surface area contributed by atoms with Crippen LogP contribution in [-0.2, 0) is 21.2 Å². The topological polar surface area (TPSA) is 66.5 Å². The third-order valence-electron chi connectivity index (χ3n) is 3.88. The first-order valence-electron chi connectivity index (χ1n) is 6.66. The van der Waals surface area contributed by atoms with Crippen molar-refractivity contribution in [2.45, 2.75) is 24.1 Å². The van der Waals surface area contributed by atoms with E-state index in [9.17, 15) is 13.2 Å². The first kappa shape index (κ1) is 19.7. The molecule has 2 heterocycles. The smallest absolute Gasteiger partial charge is 0.244 e. The standard InChI is InChI=1S/C13H19ClN2O3S2.ClH/c1-16(9-10-3-4-11(14)20-10)12(17)13(21(2,18)19)5-7-15-8-6-13;/h3-4,15H,5-9H2,1-2H3;1H. The quantitative estimate of drug-likeness (QED) is 0.858. The van der Waals surface area contributed by atoms with Crippen LogP contribution in [0, 0.1) is 0 Å². The summed E-state index contributed by atoms with van der Waals surface area (Å²) in [5.41, 5.74) is 0. The van der Waals surface area contributed by atoms with Gasteiger partial charge < -0.3 is 10.2 Å². The van der Waals surface area contributed by atoms with Crippen LogP contribution < -0.4 is 5.32 Å². The summed E-state index contributed by atoms with van der Waals surface area (Å²) in [4.78, 5) is 15.2. The summed E-state index contributed by atoms with van der Waals surface area (Å²) in [6.45, 7) is 1.45. The monoisotopic (exact) mass is 386 g/mol. The molecule has 0 unspecified atom stereocenters. The van der Waals surface area contributed by atoms with Crippen LogP contribution in [0.2, 0.25) is 4.34 Å². The summed E-state index contributed by atoms with van der Waals surface area (Å²) in [5, 5.41) is 3.11. The minimum Gasteiger partial charge on any atom is -0.339 e. The van der Waals surface area contributed by atoms with Crippen molar-refractivity contribution >= 4 is 51.1 Å². The molecule has 22 heavy (non-hydrogen) atoms. The van der Waals surface area contributed by atoms with Crippen molar-refractivity contribution in [1.29, 1.82) is 0 Å². The Kier molecular flexibility index (Phi) is 6.71. The van der Waals surface area contributed by atoms with Gasteiger partial charge in [-0.15, -0.1) is 23.7 Å². The number of rotatable bonds is 4. The lowest BCUT2D eigenvalue weighted by molar-refractivity contribution is -0.133. The van der Waals surface area contributed by atoms with Crippen LogP contribution in [0.1, 0.15) is 17.7 Å². The molecule has 0 aliphatic carbocycles. The van der Waals surface area contributed by atoms with Crippen LogP contribution in [0.25, 0.3) is 0 Å². The highest BCUT2D eigenvalue weighted by Gasteiger charge is 2.49. The lowest BCUT2D eigenvalue weighted by Gasteiger charge is -2.37. The van der Waals surface area contributed by atoms with Gasteiger partial charge in [0.15, 0.2) is 14.6 Å². The van der Waals surface area contributed by atoms with Gasteiger partial charge in [0.25, 0.3) is 0 Å². The Labute approximate surface area is 146 Å². The molecule has 0 spiro atoms. The number of carbonyl (C=O) groups excluding carboxylic acids is 1. The Morgan fingerprint density at radius 2 is 2.00 bits per heavy atom. The predicted molar refractivity (Wildman–Crippen MR) is 92.7 cm³/mol. The van der Waals surface area contributed by atoms with E-state index < -0.39 is 14.6 Å². The molecule has 0 radical (unpaired) electrons. The molecule has 126 valence electrons. The van der Waals surface area contributed by atoms with Crippen molar-refractivity contribution < 1.29 is 13.2 Å². The van der Waals surface area contributed by atoms with Gasteiger partial charge in [0, 0.05) is 18.2 Å². The van der Waals surface area contributed by atoms with E-state index in [1.807, 2.05) is 6.07 Å². The lowest BCUT2D eigenvalue weighted by Crippen LogP contribution is -2.57. The number of piperidine rings is 1. The van der Waals surface area contributed by atoms with Crippen molar-refractivity contribution in [3.63, 3.8) is 0 Å². The fraction of sp³-hybridized carbons (Fsp3) is 0.615. The van der Waals surface area contributed by atoms with E-state index >= 15 is 0 Å². The van der Waals surface area contributed by atoms with Crippen molar-refractivity contribution in [2.24, 2.45) is 0 Å². The lowest BCUT2D eigenvalue weighted by atomic mass is 9.95. The molecular formula is C13H20Cl2N2O3S2. The minimum atomic E-state index is -3.47. The van der Waals surface area contributed by atoms with E-state index in [0.29, 0.717) is 36.8 Å². The molecule has 1 amide bonds. The molecular weight excluding hydrogens is 367 g/mol. The summed E-state index contributed by atoms with van der Waals surface area (Å²) in [7, 11) is -1.83. The molecule has 9 heteroatoms. The number of hydrogen-bond acceptors (Lipinski definition) is 5. The maximum Gasteiger partial charge on any atom is 0.244 e. The number of nitrogens with one attached hydrogen (secondary N) is 1. The van der Waals surface area contributed by atoms with Crippen LogP contribution in [0.5, 0.6) is 0 Å². The van der Waals surface area contributed by atoms with Crippen LogP contribution in [0.3, 0.4) is 0 Å². The Morgan fingerprint density at radius 3 is 2.45 bits per heavy atom. The summed E-state index contributed by atoms with van der Waals surface area (Å²) >= 11 is 7.28. The van der Waals surface area contributed by atoms with Crippen molar-refractivity contribution in [1.82, 2.24) is 10.2 Å². The van der Waals surface area contributed by atoms with Gasteiger partial charge in [-0.05, 0) is 38.1 Å². The van der Waals surface area contributed by atoms with Gasteiger partial charge in [-0.1, -0.05) is 11.6 Å². The van der Waals surface area contributed by atoms with E-state index in [1.165, 1.54) is 16.2 Å². The molecule has 2 rings (SSSR count). The number of amides is 1. The zero-order valence-electron chi connectivity index (χ0n) is 12.5. The van der Waals surface area contributed by atoms with Gasteiger partial charge in [0.05, 0.1) is 10.9 Å². The molecule has 1 aromatic rings. The number of sulfone groups is 1. The van der Waals surface area contributed by atoms with Gasteiger partial charge in [-0.2, -0.15) is 0 Å². The molecule has 1 fully saturated rings. The van der Waals surface area contributed by atoms with Gasteiger partial charge in [0.1, 0.15) is 0 Å². The first-order valence-corrected chi connectivity index (χ1v) is 9.75. The molecule has 0 atom stereocenters. The Balaban J connectivity index is 0.00000242. The van der Waals surface area contributed by atoms with Gasteiger partial charge in [-0.25, -0.2) is 8.42 Å². The molecule has 1 aliphatic rings. The van der Waals surface area contributed by atoms with E-state index in [1.54, 1.807) is 13.1 Å². The van der Waals surface area contributed by atoms with Crippen molar-refractivity contribution in [3.05, 3.63) is 21.3 Å². The molecule has 0 bridgehead atoms. The molecule has 0 aromatic carbocycles. The second-order valence-corrected chi connectivity index (χ2v) is 9.51. The average Bonchev–Trinajstić information content (AvgIpc) is 2.82. The molecule has 1 N–H and O–H groups in total. The first-order chi connectivity index (χ1) is 9.76. The fourth-order valence-corrected chi connectivity index (χ4v) is 5.22. The highest BCUT2D eigenvalue weighted by atomic mass is 35.5. The van der Waals surface area contributed by atoms with E-state index in [2.05, 4.69) is 5.32 Å². The summed E-state index contributed by atoms with van der Waals surface area (Å²) < 4.78 is 23.8. The van der Waals surface area contributed by atoms with E-state index in [0.717, 1.165) is 11.1 Å². The fourth-order valence-electron chi connectivity index (χ4n) is 2.66. The number of hydrogen-bond donors (Lipinski definition) is 1. The second kappa shape index (κ2) is 7.49. The minimum absolute atomic E-state index is 0. The molecule has 1 aromatic heterocycles. The van der Waals surface area contributed by atoms with E-state index in [4.69, 9.17) is 11.6 Å². The molecule has 0 saturated carbocycles. The Morgan fingerprint density at radius 1 is 1.41 bits per heavy atom. The summed E-state index contributed by atoms with van der Waals surface area (Å²) in [5.74, 6) is -0.323. The highest BCUT2D eigenvalue weighted by Crippen LogP contribution is 2.31. The predicted octanol–water partition coefficient (Wildman–Crippen LogP) is 1.95. The van der Waals surface area contributed by atoms with Crippen LogP contribution in [0.15, 0.2) is 12.1 Å². The van der Waals surface area contributed by atoms with Crippen molar-refractivity contribution in [3.8, 4) is 0 Å². The summed E-state index contributed by atoms with van der Waals surface area (Å²) in [6.07, 6.45) is 1.80. The zero-order valence-corrected chi connectivity index (χ0v) is 15.7. The van der Waals surface area contributed by atoms with Gasteiger partial charge in [-0.3, -0.25) is 4.79 Å². The van der Waals surface area contributed by atoms with Crippen molar-refractivity contribution in [2.75, 3.05) is 26.4 Å². The maximum atomic E-state index is 12.8. The number of nitrogens with zero attached hydrogens (tertiary/aromatic N) is 1. The van der Waals surface area contributed by atoms with Crippen LogP contribution >= 0.6 is 35.3 Å². The number of thiophene rings is 1. The highest BCUT2D eigenvalue weighted by molar-refractivity contribution is 7.92. The SMILES string of the molecule is CN(Cc1ccc(Cl)s1)C(=O)C1(S(C)(=O)=O)CCNCC1.Cl. The average molecular weight is 387 g/mol. The largest absolute Gasteiger partial charge is 0.339 e. The number of halogens is 2. The third kappa shape index (κ3) is 3.94.